The molecule has 0 N–H and O–H groups in total. The Kier molecular flexibility index (Phi) is 3.08. The summed E-state index contributed by atoms with van der Waals surface area (Å²) >= 11 is 3.40. The fourth-order valence-corrected chi connectivity index (χ4v) is 2.04. The van der Waals surface area contributed by atoms with E-state index in [2.05, 4.69) is 41.8 Å². The van der Waals surface area contributed by atoms with Crippen molar-refractivity contribution in [2.24, 2.45) is 10.5 Å². The van der Waals surface area contributed by atoms with Crippen molar-refractivity contribution >= 4 is 33.2 Å². The van der Waals surface area contributed by atoms with Crippen LogP contribution in [0.5, 0.6) is 0 Å². The normalized spacial score (nSPS) is 16.4. The van der Waals surface area contributed by atoms with Crippen LogP contribution in [0.15, 0.2) is 33.8 Å². The number of benzene rings is 1. The lowest BCUT2D eigenvalue weighted by Gasteiger charge is -2.16. The summed E-state index contributed by atoms with van der Waals surface area (Å²) in [5.41, 5.74) is 1.68. The Morgan fingerprint density at radius 1 is 1.35 bits per heavy atom. The van der Waals surface area contributed by atoms with Gasteiger partial charge in [0, 0.05) is 9.89 Å². The molecule has 0 spiro atoms. The molecule has 2 rings (SSSR count). The molecule has 90 valence electrons. The van der Waals surface area contributed by atoms with Crippen LogP contribution in [0.1, 0.15) is 27.2 Å². The van der Waals surface area contributed by atoms with Gasteiger partial charge in [-0.2, -0.15) is 5.10 Å². The Labute approximate surface area is 110 Å². The zero-order chi connectivity index (χ0) is 12.6. The summed E-state index contributed by atoms with van der Waals surface area (Å²) in [4.78, 5) is 11.9. The van der Waals surface area contributed by atoms with Crippen molar-refractivity contribution in [3.8, 4) is 0 Å². The van der Waals surface area contributed by atoms with E-state index in [4.69, 9.17) is 0 Å². The first kappa shape index (κ1) is 12.3. The fourth-order valence-electron chi connectivity index (χ4n) is 1.65. The van der Waals surface area contributed by atoms with Crippen LogP contribution in [0, 0.1) is 5.41 Å². The monoisotopic (exact) mass is 294 g/mol. The first-order valence-corrected chi connectivity index (χ1v) is 6.34. The van der Waals surface area contributed by atoms with Crippen molar-refractivity contribution in [1.29, 1.82) is 0 Å². The van der Waals surface area contributed by atoms with Crippen LogP contribution in [0.2, 0.25) is 0 Å². The molecule has 0 saturated carbocycles. The molecule has 1 aromatic rings. The first-order valence-electron chi connectivity index (χ1n) is 5.54. The molecule has 0 bridgehead atoms. The molecule has 1 amide bonds. The largest absolute Gasteiger partial charge is 0.272 e. The van der Waals surface area contributed by atoms with E-state index in [0.717, 1.165) is 15.9 Å². The minimum absolute atomic E-state index is 0.0352. The second-order valence-corrected chi connectivity index (χ2v) is 6.07. The van der Waals surface area contributed by atoms with Gasteiger partial charge in [-0.1, -0.05) is 42.8 Å². The maximum atomic E-state index is 11.9. The maximum absolute atomic E-state index is 11.9. The lowest BCUT2D eigenvalue weighted by Crippen LogP contribution is -2.20. The summed E-state index contributed by atoms with van der Waals surface area (Å²) in [6, 6.07) is 7.61. The third-order valence-corrected chi connectivity index (χ3v) is 3.19. The summed E-state index contributed by atoms with van der Waals surface area (Å²) < 4.78 is 0.946. The van der Waals surface area contributed by atoms with Crippen LogP contribution in [-0.2, 0) is 4.79 Å². The van der Waals surface area contributed by atoms with Gasteiger partial charge in [0.15, 0.2) is 0 Å². The number of halogens is 1. The number of rotatable bonds is 1. The van der Waals surface area contributed by atoms with E-state index >= 15 is 0 Å². The first-order chi connectivity index (χ1) is 7.88. The molecule has 0 fully saturated rings. The highest BCUT2D eigenvalue weighted by Gasteiger charge is 2.31. The summed E-state index contributed by atoms with van der Waals surface area (Å²) in [6.07, 6.45) is 0.413. The molecule has 1 aliphatic rings. The second kappa shape index (κ2) is 4.26. The predicted octanol–water partition coefficient (Wildman–Crippen LogP) is 3.59. The molecule has 1 heterocycles. The van der Waals surface area contributed by atoms with E-state index in [9.17, 15) is 4.79 Å². The fraction of sp³-hybridized carbons (Fsp3) is 0.385. The minimum Gasteiger partial charge on any atom is -0.272 e. The van der Waals surface area contributed by atoms with Crippen LogP contribution < -0.4 is 5.01 Å². The van der Waals surface area contributed by atoms with Crippen LogP contribution in [0.4, 0.5) is 5.69 Å². The number of anilines is 1. The van der Waals surface area contributed by atoms with E-state index in [1.807, 2.05) is 24.3 Å². The quantitative estimate of drug-likeness (QED) is 0.779. The Bertz CT molecular complexity index is 488. The number of carbonyl (C=O) groups excluding carboxylic acids is 1. The molecular formula is C13H15BrN2O. The Balaban J connectivity index is 2.34. The van der Waals surface area contributed by atoms with Crippen molar-refractivity contribution in [2.45, 2.75) is 27.2 Å². The molecule has 0 radical (unpaired) electrons. The minimum atomic E-state index is -0.0591. The van der Waals surface area contributed by atoms with E-state index in [-0.39, 0.29) is 11.3 Å². The van der Waals surface area contributed by atoms with Gasteiger partial charge in [-0.15, -0.1) is 0 Å². The number of hydrazone groups is 1. The molecule has 4 heteroatoms. The molecule has 1 aliphatic heterocycles. The van der Waals surface area contributed by atoms with Gasteiger partial charge in [0.2, 0.25) is 0 Å². The van der Waals surface area contributed by atoms with Crippen molar-refractivity contribution < 1.29 is 4.79 Å². The van der Waals surface area contributed by atoms with Crippen LogP contribution >= 0.6 is 15.9 Å². The van der Waals surface area contributed by atoms with Gasteiger partial charge < -0.3 is 0 Å². The predicted molar refractivity (Wildman–Crippen MR) is 73.1 cm³/mol. The number of carbonyl (C=O) groups is 1. The second-order valence-electron chi connectivity index (χ2n) is 5.16. The van der Waals surface area contributed by atoms with E-state index in [1.54, 1.807) is 0 Å². The summed E-state index contributed by atoms with van der Waals surface area (Å²) in [5, 5.41) is 5.92. The Morgan fingerprint density at radius 3 is 2.59 bits per heavy atom. The lowest BCUT2D eigenvalue weighted by atomic mass is 9.88. The smallest absolute Gasteiger partial charge is 0.253 e. The number of nitrogens with zero attached hydrogens (tertiary/aromatic N) is 2. The number of hydrogen-bond acceptors (Lipinski definition) is 2. The Hall–Kier alpha value is -1.16. The van der Waals surface area contributed by atoms with Gasteiger partial charge in [-0.25, -0.2) is 5.01 Å². The van der Waals surface area contributed by atoms with E-state index in [1.165, 1.54) is 5.01 Å². The molecule has 0 aromatic heterocycles. The van der Waals surface area contributed by atoms with Gasteiger partial charge in [0.1, 0.15) is 0 Å². The SMILES string of the molecule is CC(C)(C)C1=NN(c2cccc(Br)c2)C(=O)C1. The van der Waals surface area contributed by atoms with E-state index < -0.39 is 0 Å². The molecular weight excluding hydrogens is 280 g/mol. The van der Waals surface area contributed by atoms with Crippen molar-refractivity contribution in [2.75, 3.05) is 5.01 Å². The lowest BCUT2D eigenvalue weighted by molar-refractivity contribution is -0.116. The van der Waals surface area contributed by atoms with Crippen LogP contribution in [-0.4, -0.2) is 11.6 Å². The average Bonchev–Trinajstić information content (AvgIpc) is 2.60. The molecule has 3 nitrogen and oxygen atoms in total. The maximum Gasteiger partial charge on any atom is 0.253 e. The molecule has 1 aromatic carbocycles. The van der Waals surface area contributed by atoms with E-state index in [0.29, 0.717) is 6.42 Å². The molecule has 0 unspecified atom stereocenters. The zero-order valence-corrected chi connectivity index (χ0v) is 11.8. The third-order valence-electron chi connectivity index (χ3n) is 2.69. The van der Waals surface area contributed by atoms with Gasteiger partial charge in [-0.05, 0) is 18.2 Å². The van der Waals surface area contributed by atoms with Crippen molar-refractivity contribution in [1.82, 2.24) is 0 Å². The summed E-state index contributed by atoms with van der Waals surface area (Å²) in [7, 11) is 0. The highest BCUT2D eigenvalue weighted by molar-refractivity contribution is 9.10. The standard InChI is InChI=1S/C13H15BrN2O/c1-13(2,3)11-8-12(17)16(15-11)10-6-4-5-9(14)7-10/h4-7H,8H2,1-3H3. The number of hydrogen-bond donors (Lipinski definition) is 0. The molecule has 0 aliphatic carbocycles. The van der Waals surface area contributed by atoms with Gasteiger partial charge in [0.25, 0.3) is 5.91 Å². The zero-order valence-electron chi connectivity index (χ0n) is 10.2. The third kappa shape index (κ3) is 2.57. The number of amides is 1. The Morgan fingerprint density at radius 2 is 2.06 bits per heavy atom. The molecule has 0 saturated heterocycles. The van der Waals surface area contributed by atoms with Gasteiger partial charge in [0.05, 0.1) is 17.8 Å². The van der Waals surface area contributed by atoms with Gasteiger partial charge in [-0.3, -0.25) is 4.79 Å². The average molecular weight is 295 g/mol. The summed E-state index contributed by atoms with van der Waals surface area (Å²) in [6.45, 7) is 6.22. The van der Waals surface area contributed by atoms with Crippen molar-refractivity contribution in [3.63, 3.8) is 0 Å². The molecule has 0 atom stereocenters. The van der Waals surface area contributed by atoms with Crippen LogP contribution in [0.25, 0.3) is 0 Å². The van der Waals surface area contributed by atoms with Gasteiger partial charge >= 0.3 is 0 Å². The summed E-state index contributed by atoms with van der Waals surface area (Å²) in [5.74, 6) is 0.0352. The van der Waals surface area contributed by atoms with Crippen molar-refractivity contribution in [3.05, 3.63) is 28.7 Å². The topological polar surface area (TPSA) is 32.7 Å². The highest BCUT2D eigenvalue weighted by Crippen LogP contribution is 2.29. The highest BCUT2D eigenvalue weighted by atomic mass is 79.9. The van der Waals surface area contributed by atoms with Crippen LogP contribution in [0.3, 0.4) is 0 Å². The molecule has 17 heavy (non-hydrogen) atoms.